The van der Waals surface area contributed by atoms with Crippen molar-refractivity contribution in [3.8, 4) is 5.75 Å². The number of hydrogen-bond donors (Lipinski definition) is 2. The topological polar surface area (TPSA) is 57.5 Å². The zero-order chi connectivity index (χ0) is 11.5. The second-order valence-electron chi connectivity index (χ2n) is 3.98. The minimum atomic E-state index is -0.772. The highest BCUT2D eigenvalue weighted by atomic mass is 32.2. The Balaban J connectivity index is 2.36. The van der Waals surface area contributed by atoms with Gasteiger partial charge in [-0.3, -0.25) is 4.79 Å². The van der Waals surface area contributed by atoms with Gasteiger partial charge in [0.25, 0.3) is 0 Å². The Morgan fingerprint density at radius 3 is 3.06 bits per heavy atom. The molecule has 1 heterocycles. The van der Waals surface area contributed by atoms with Gasteiger partial charge in [-0.1, -0.05) is 12.1 Å². The summed E-state index contributed by atoms with van der Waals surface area (Å²) >= 11 is 1.62. The number of fused-ring (bicyclic) bond motifs is 1. The van der Waals surface area contributed by atoms with Crippen LogP contribution in [-0.2, 0) is 4.79 Å². The molecule has 2 rings (SSSR count). The van der Waals surface area contributed by atoms with Gasteiger partial charge in [0.1, 0.15) is 5.75 Å². The van der Waals surface area contributed by atoms with Gasteiger partial charge in [0.2, 0.25) is 0 Å². The molecule has 2 N–H and O–H groups in total. The lowest BCUT2D eigenvalue weighted by Crippen LogP contribution is -2.06. The van der Waals surface area contributed by atoms with Gasteiger partial charge >= 0.3 is 5.97 Å². The minimum Gasteiger partial charge on any atom is -0.507 e. The zero-order valence-electron chi connectivity index (χ0n) is 8.85. The monoisotopic (exact) mass is 238 g/mol. The van der Waals surface area contributed by atoms with Crippen LogP contribution in [0.25, 0.3) is 0 Å². The molecule has 4 heteroatoms. The fourth-order valence-corrected chi connectivity index (χ4v) is 3.24. The molecular weight excluding hydrogens is 224 g/mol. The molecule has 1 aromatic rings. The normalized spacial score (nSPS) is 19.9. The highest BCUT2D eigenvalue weighted by Crippen LogP contribution is 2.42. The molecule has 1 unspecified atom stereocenters. The standard InChI is InChI=1S/C12H14O3S/c13-10-5-1-4-9-8(7-11(14)15)3-2-6-16-12(9)10/h1,4-5,8,13H,2-3,6-7H2,(H,14,15). The SMILES string of the molecule is O=C(O)CC1CCCSc2c(O)cccc21. The summed E-state index contributed by atoms with van der Waals surface area (Å²) in [5.41, 5.74) is 0.991. The number of rotatable bonds is 2. The van der Waals surface area contributed by atoms with Crippen LogP contribution < -0.4 is 0 Å². The molecule has 0 aromatic heterocycles. The summed E-state index contributed by atoms with van der Waals surface area (Å²) < 4.78 is 0. The molecule has 1 aliphatic rings. The fourth-order valence-electron chi connectivity index (χ4n) is 2.10. The van der Waals surface area contributed by atoms with Crippen molar-refractivity contribution in [3.63, 3.8) is 0 Å². The number of phenolic OH excluding ortho intramolecular Hbond substituents is 1. The Morgan fingerprint density at radius 2 is 2.31 bits per heavy atom. The van der Waals surface area contributed by atoms with Crippen LogP contribution in [0.2, 0.25) is 0 Å². The van der Waals surface area contributed by atoms with Crippen LogP contribution in [0.15, 0.2) is 23.1 Å². The Hall–Kier alpha value is -1.16. The molecule has 0 spiro atoms. The molecule has 1 aromatic carbocycles. The largest absolute Gasteiger partial charge is 0.507 e. The van der Waals surface area contributed by atoms with E-state index in [4.69, 9.17) is 5.11 Å². The summed E-state index contributed by atoms with van der Waals surface area (Å²) in [5.74, 6) is 0.487. The lowest BCUT2D eigenvalue weighted by Gasteiger charge is -2.15. The summed E-state index contributed by atoms with van der Waals surface area (Å²) in [5, 5.41) is 18.6. The van der Waals surface area contributed by atoms with Crippen LogP contribution in [0.4, 0.5) is 0 Å². The number of carboxylic acid groups (broad SMARTS) is 1. The van der Waals surface area contributed by atoms with E-state index in [-0.39, 0.29) is 18.1 Å². The average Bonchev–Trinajstić information content (AvgIpc) is 2.42. The van der Waals surface area contributed by atoms with Crippen molar-refractivity contribution in [2.24, 2.45) is 0 Å². The zero-order valence-corrected chi connectivity index (χ0v) is 9.67. The molecule has 0 saturated heterocycles. The van der Waals surface area contributed by atoms with Gasteiger partial charge in [-0.2, -0.15) is 0 Å². The summed E-state index contributed by atoms with van der Waals surface area (Å²) in [6.07, 6.45) is 2.03. The summed E-state index contributed by atoms with van der Waals surface area (Å²) in [4.78, 5) is 11.7. The van der Waals surface area contributed by atoms with E-state index in [1.807, 2.05) is 6.07 Å². The molecule has 0 fully saturated rings. The first-order valence-electron chi connectivity index (χ1n) is 5.35. The quantitative estimate of drug-likeness (QED) is 0.831. The number of phenols is 1. The molecule has 0 saturated carbocycles. The van der Waals surface area contributed by atoms with E-state index in [1.165, 1.54) is 0 Å². The fraction of sp³-hybridized carbons (Fsp3) is 0.417. The van der Waals surface area contributed by atoms with E-state index in [0.29, 0.717) is 0 Å². The molecule has 3 nitrogen and oxygen atoms in total. The average molecular weight is 238 g/mol. The minimum absolute atomic E-state index is 0.0367. The van der Waals surface area contributed by atoms with Crippen molar-refractivity contribution < 1.29 is 15.0 Å². The molecule has 86 valence electrons. The highest BCUT2D eigenvalue weighted by molar-refractivity contribution is 7.99. The molecule has 0 amide bonds. The van der Waals surface area contributed by atoms with E-state index in [1.54, 1.807) is 23.9 Å². The van der Waals surface area contributed by atoms with Gasteiger partial charge in [0, 0.05) is 0 Å². The Labute approximate surface area is 98.5 Å². The van der Waals surface area contributed by atoms with Crippen molar-refractivity contribution in [3.05, 3.63) is 23.8 Å². The van der Waals surface area contributed by atoms with E-state index in [0.717, 1.165) is 29.1 Å². The molecular formula is C12H14O3S. The Morgan fingerprint density at radius 1 is 1.50 bits per heavy atom. The second-order valence-corrected chi connectivity index (χ2v) is 5.09. The van der Waals surface area contributed by atoms with Crippen LogP contribution in [0.5, 0.6) is 5.75 Å². The van der Waals surface area contributed by atoms with Crippen molar-refractivity contribution in [1.29, 1.82) is 0 Å². The van der Waals surface area contributed by atoms with Crippen LogP contribution in [-0.4, -0.2) is 21.9 Å². The van der Waals surface area contributed by atoms with E-state index < -0.39 is 5.97 Å². The number of thioether (sulfide) groups is 1. The second kappa shape index (κ2) is 4.78. The van der Waals surface area contributed by atoms with Gasteiger partial charge in [-0.25, -0.2) is 0 Å². The molecule has 0 aliphatic carbocycles. The van der Waals surface area contributed by atoms with Crippen molar-refractivity contribution >= 4 is 17.7 Å². The lowest BCUT2D eigenvalue weighted by molar-refractivity contribution is -0.137. The first kappa shape index (κ1) is 11.3. The van der Waals surface area contributed by atoms with Crippen molar-refractivity contribution in [2.75, 3.05) is 5.75 Å². The van der Waals surface area contributed by atoms with Crippen LogP contribution in [0, 0.1) is 0 Å². The van der Waals surface area contributed by atoms with E-state index in [9.17, 15) is 9.90 Å². The van der Waals surface area contributed by atoms with Crippen LogP contribution in [0.3, 0.4) is 0 Å². The summed E-state index contributed by atoms with van der Waals surface area (Å²) in [7, 11) is 0. The molecule has 16 heavy (non-hydrogen) atoms. The molecule has 0 bridgehead atoms. The first-order valence-corrected chi connectivity index (χ1v) is 6.33. The van der Waals surface area contributed by atoms with Crippen LogP contribution >= 0.6 is 11.8 Å². The van der Waals surface area contributed by atoms with Crippen molar-refractivity contribution in [1.82, 2.24) is 0 Å². The first-order chi connectivity index (χ1) is 7.68. The molecule has 1 atom stereocenters. The number of benzene rings is 1. The van der Waals surface area contributed by atoms with E-state index in [2.05, 4.69) is 0 Å². The third-order valence-corrected chi connectivity index (χ3v) is 4.06. The van der Waals surface area contributed by atoms with Crippen LogP contribution in [0.1, 0.15) is 30.7 Å². The van der Waals surface area contributed by atoms with E-state index >= 15 is 0 Å². The van der Waals surface area contributed by atoms with Gasteiger partial charge in [-0.05, 0) is 36.1 Å². The number of aliphatic carboxylic acids is 1. The highest BCUT2D eigenvalue weighted by Gasteiger charge is 2.23. The Kier molecular flexibility index (Phi) is 3.39. The van der Waals surface area contributed by atoms with Gasteiger partial charge in [0.05, 0.1) is 11.3 Å². The number of carboxylic acids is 1. The number of carbonyl (C=O) groups is 1. The lowest BCUT2D eigenvalue weighted by atomic mass is 9.91. The smallest absolute Gasteiger partial charge is 0.303 e. The van der Waals surface area contributed by atoms with Crippen molar-refractivity contribution in [2.45, 2.75) is 30.1 Å². The summed E-state index contributed by atoms with van der Waals surface area (Å²) in [6, 6.07) is 5.38. The number of aromatic hydroxyl groups is 1. The maximum Gasteiger partial charge on any atom is 0.303 e. The van der Waals surface area contributed by atoms with Gasteiger partial charge in [-0.15, -0.1) is 11.8 Å². The van der Waals surface area contributed by atoms with Gasteiger partial charge in [0.15, 0.2) is 0 Å². The molecule has 1 aliphatic heterocycles. The summed E-state index contributed by atoms with van der Waals surface area (Å²) in [6.45, 7) is 0. The maximum absolute atomic E-state index is 10.8. The maximum atomic E-state index is 10.8. The Bertz CT molecular complexity index is 403. The third kappa shape index (κ3) is 2.32. The number of hydrogen-bond acceptors (Lipinski definition) is 3. The van der Waals surface area contributed by atoms with Gasteiger partial charge < -0.3 is 10.2 Å². The predicted octanol–water partition coefficient (Wildman–Crippen LogP) is 2.84. The third-order valence-electron chi connectivity index (χ3n) is 2.83. The predicted molar refractivity (Wildman–Crippen MR) is 63.1 cm³/mol. The molecule has 0 radical (unpaired) electrons.